The molecule has 0 bridgehead atoms. The second-order valence-corrected chi connectivity index (χ2v) is 9.17. The van der Waals surface area contributed by atoms with Crippen LogP contribution in [-0.2, 0) is 18.6 Å². The Kier molecular flexibility index (Phi) is 3.80. The fourth-order valence-corrected chi connectivity index (χ4v) is 5.48. The summed E-state index contributed by atoms with van der Waals surface area (Å²) in [6.45, 7) is 7.19. The summed E-state index contributed by atoms with van der Waals surface area (Å²) in [6, 6.07) is 14.2. The largest absolute Gasteiger partial charge is 0.121 e. The van der Waals surface area contributed by atoms with Crippen LogP contribution in [0.5, 0.6) is 0 Å². The number of rotatable bonds is 0. The first-order valence-electron chi connectivity index (χ1n) is 8.90. The zero-order valence-electron chi connectivity index (χ0n) is 14.5. The van der Waals surface area contributed by atoms with Gasteiger partial charge >= 0.3 is 0 Å². The predicted molar refractivity (Wildman–Crippen MR) is 100 cm³/mol. The zero-order valence-corrected chi connectivity index (χ0v) is 15.3. The van der Waals surface area contributed by atoms with E-state index in [4.69, 9.17) is 0 Å². The van der Waals surface area contributed by atoms with Gasteiger partial charge in [0.1, 0.15) is 0 Å². The molecule has 120 valence electrons. The molecule has 0 saturated carbocycles. The lowest BCUT2D eigenvalue weighted by molar-refractivity contribution is 0.354. The highest BCUT2D eigenvalue weighted by molar-refractivity contribution is 7.98. The number of benzene rings is 2. The van der Waals surface area contributed by atoms with Gasteiger partial charge in [0.05, 0.1) is 0 Å². The van der Waals surface area contributed by atoms with Crippen LogP contribution >= 0.6 is 11.8 Å². The smallest absolute Gasteiger partial charge is 0.0235 e. The number of fused-ring (bicyclic) bond motifs is 3. The van der Waals surface area contributed by atoms with Gasteiger partial charge in [0.15, 0.2) is 0 Å². The van der Waals surface area contributed by atoms with Crippen LogP contribution in [0.1, 0.15) is 67.3 Å². The summed E-state index contributed by atoms with van der Waals surface area (Å²) < 4.78 is 0. The molecule has 0 spiro atoms. The Morgan fingerprint density at radius 1 is 0.870 bits per heavy atom. The van der Waals surface area contributed by atoms with Crippen molar-refractivity contribution in [2.24, 2.45) is 5.41 Å². The maximum Gasteiger partial charge on any atom is 0.0235 e. The molecule has 1 unspecified atom stereocenters. The minimum absolute atomic E-state index is 0.235. The molecular formula is C22H26S. The number of aryl methyl sites for hydroxylation is 2. The van der Waals surface area contributed by atoms with E-state index >= 15 is 0 Å². The van der Waals surface area contributed by atoms with Crippen molar-refractivity contribution in [3.63, 3.8) is 0 Å². The van der Waals surface area contributed by atoms with Crippen molar-refractivity contribution in [2.45, 2.75) is 63.0 Å². The van der Waals surface area contributed by atoms with E-state index in [-0.39, 0.29) is 5.41 Å². The van der Waals surface area contributed by atoms with Crippen LogP contribution in [-0.4, -0.2) is 0 Å². The fourth-order valence-electron chi connectivity index (χ4n) is 4.34. The van der Waals surface area contributed by atoms with Crippen molar-refractivity contribution in [3.05, 3.63) is 64.2 Å². The molecule has 1 aliphatic heterocycles. The molecule has 0 saturated heterocycles. The lowest BCUT2D eigenvalue weighted by Crippen LogP contribution is -2.21. The van der Waals surface area contributed by atoms with Crippen LogP contribution < -0.4 is 0 Å². The van der Waals surface area contributed by atoms with Crippen molar-refractivity contribution in [1.29, 1.82) is 0 Å². The van der Waals surface area contributed by atoms with Gasteiger partial charge in [0, 0.05) is 16.6 Å². The molecule has 23 heavy (non-hydrogen) atoms. The normalized spacial score (nSPS) is 20.2. The zero-order chi connectivity index (χ0) is 16.0. The number of thioether (sulfide) groups is 1. The highest BCUT2D eigenvalue weighted by atomic mass is 32.2. The van der Waals surface area contributed by atoms with Crippen LogP contribution in [0.3, 0.4) is 0 Å². The van der Waals surface area contributed by atoms with E-state index in [1.165, 1.54) is 36.1 Å². The molecule has 1 heteroatoms. The Hall–Kier alpha value is -1.21. The van der Waals surface area contributed by atoms with Crippen molar-refractivity contribution in [1.82, 2.24) is 0 Å². The quantitative estimate of drug-likeness (QED) is 0.544. The third-order valence-electron chi connectivity index (χ3n) is 5.40. The van der Waals surface area contributed by atoms with Crippen molar-refractivity contribution < 1.29 is 0 Å². The molecule has 0 radical (unpaired) electrons. The topological polar surface area (TPSA) is 0 Å². The molecule has 0 nitrogen and oxygen atoms in total. The van der Waals surface area contributed by atoms with Gasteiger partial charge in [-0.05, 0) is 65.0 Å². The standard InChI is InChI=1S/C22H26S/c1-22(2,3)21-18-11-7-6-10-17(18)14-23-20-13-16-9-5-4-8-15(16)12-19(20)21/h6-7,10-13,21H,4-5,8-9,14H2,1-3H3. The first-order valence-corrected chi connectivity index (χ1v) is 9.89. The average molecular weight is 323 g/mol. The van der Waals surface area contributed by atoms with Gasteiger partial charge in [-0.15, -0.1) is 11.8 Å². The molecule has 0 aromatic heterocycles. The second-order valence-electron chi connectivity index (χ2n) is 8.15. The van der Waals surface area contributed by atoms with E-state index in [0.29, 0.717) is 5.92 Å². The number of hydrogen-bond acceptors (Lipinski definition) is 1. The molecular weight excluding hydrogens is 296 g/mol. The van der Waals surface area contributed by atoms with Crippen LogP contribution in [0.25, 0.3) is 0 Å². The molecule has 1 atom stereocenters. The maximum absolute atomic E-state index is 2.56. The highest BCUT2D eigenvalue weighted by Gasteiger charge is 2.33. The van der Waals surface area contributed by atoms with E-state index in [9.17, 15) is 0 Å². The number of hydrogen-bond donors (Lipinski definition) is 0. The Morgan fingerprint density at radius 3 is 2.30 bits per heavy atom. The summed E-state index contributed by atoms with van der Waals surface area (Å²) in [4.78, 5) is 1.53. The highest BCUT2D eigenvalue weighted by Crippen LogP contribution is 2.49. The minimum atomic E-state index is 0.235. The summed E-state index contributed by atoms with van der Waals surface area (Å²) in [5.74, 6) is 1.60. The Labute approximate surface area is 144 Å². The van der Waals surface area contributed by atoms with Crippen LogP contribution in [0.4, 0.5) is 0 Å². The van der Waals surface area contributed by atoms with Gasteiger partial charge in [0.2, 0.25) is 0 Å². The third-order valence-corrected chi connectivity index (χ3v) is 6.52. The third kappa shape index (κ3) is 2.74. The average Bonchev–Trinajstić information content (AvgIpc) is 2.68. The molecule has 0 fully saturated rings. The summed E-state index contributed by atoms with van der Waals surface area (Å²) in [5, 5.41) is 0. The van der Waals surface area contributed by atoms with Crippen molar-refractivity contribution >= 4 is 11.8 Å². The molecule has 1 aliphatic carbocycles. The maximum atomic E-state index is 2.56. The van der Waals surface area contributed by atoms with E-state index in [0.717, 1.165) is 5.75 Å². The molecule has 4 rings (SSSR count). The van der Waals surface area contributed by atoms with Gasteiger partial charge < -0.3 is 0 Å². The van der Waals surface area contributed by atoms with Crippen LogP contribution in [0.2, 0.25) is 0 Å². The van der Waals surface area contributed by atoms with Gasteiger partial charge in [-0.3, -0.25) is 0 Å². The lowest BCUT2D eigenvalue weighted by Gasteiger charge is -2.33. The fraction of sp³-hybridized carbons (Fsp3) is 0.455. The van der Waals surface area contributed by atoms with E-state index < -0.39 is 0 Å². The molecule has 0 amide bonds. The predicted octanol–water partition coefficient (Wildman–Crippen LogP) is 6.35. The molecule has 0 N–H and O–H groups in total. The molecule has 2 aromatic carbocycles. The van der Waals surface area contributed by atoms with Gasteiger partial charge in [-0.25, -0.2) is 0 Å². The first kappa shape index (κ1) is 15.3. The molecule has 2 aromatic rings. The Balaban J connectivity index is 1.94. The molecule has 1 heterocycles. The summed E-state index contributed by atoms with van der Waals surface area (Å²) in [5.41, 5.74) is 8.10. The first-order chi connectivity index (χ1) is 11.0. The monoisotopic (exact) mass is 322 g/mol. The molecule has 2 aliphatic rings. The van der Waals surface area contributed by atoms with Gasteiger partial charge in [-0.2, -0.15) is 0 Å². The second kappa shape index (κ2) is 5.70. The van der Waals surface area contributed by atoms with Gasteiger partial charge in [0.25, 0.3) is 0 Å². The van der Waals surface area contributed by atoms with E-state index in [1.807, 2.05) is 11.8 Å². The van der Waals surface area contributed by atoms with Gasteiger partial charge in [-0.1, -0.05) is 51.1 Å². The van der Waals surface area contributed by atoms with Crippen LogP contribution in [0.15, 0.2) is 41.3 Å². The van der Waals surface area contributed by atoms with Crippen molar-refractivity contribution in [2.75, 3.05) is 0 Å². The lowest BCUT2D eigenvalue weighted by atomic mass is 9.70. The summed E-state index contributed by atoms with van der Waals surface area (Å²) >= 11 is 2.04. The van der Waals surface area contributed by atoms with E-state index in [1.54, 1.807) is 22.3 Å². The Bertz CT molecular complexity index is 736. The van der Waals surface area contributed by atoms with E-state index in [2.05, 4.69) is 57.2 Å². The van der Waals surface area contributed by atoms with Crippen LogP contribution in [0, 0.1) is 5.41 Å². The minimum Gasteiger partial charge on any atom is -0.121 e. The summed E-state index contributed by atoms with van der Waals surface area (Å²) in [7, 11) is 0. The Morgan fingerprint density at radius 2 is 1.57 bits per heavy atom. The SMILES string of the molecule is CC(C)(C)C1c2ccccc2CSc2cc3c(cc21)CCCC3. The van der Waals surface area contributed by atoms with Crippen molar-refractivity contribution in [3.8, 4) is 0 Å². The summed E-state index contributed by atoms with van der Waals surface area (Å²) in [6.07, 6.45) is 5.26.